The molecule has 4 rings (SSSR count). The minimum Gasteiger partial charge on any atom is -0.497 e. The number of pyridine rings is 1. The monoisotopic (exact) mass is 462 g/mol. The van der Waals surface area contributed by atoms with E-state index < -0.39 is 18.3 Å². The highest BCUT2D eigenvalue weighted by atomic mass is 19.1. The van der Waals surface area contributed by atoms with Gasteiger partial charge in [-0.05, 0) is 48.0 Å². The maximum Gasteiger partial charge on any atom is 0.407 e. The van der Waals surface area contributed by atoms with Crippen molar-refractivity contribution in [2.45, 2.75) is 18.6 Å². The summed E-state index contributed by atoms with van der Waals surface area (Å²) in [6.45, 7) is 0.106. The van der Waals surface area contributed by atoms with Crippen LogP contribution in [0.4, 0.5) is 14.9 Å². The Hall–Kier alpha value is -4.32. The number of hydrogen-bond acceptors (Lipinski definition) is 6. The Morgan fingerprint density at radius 3 is 2.68 bits per heavy atom. The smallest absolute Gasteiger partial charge is 0.407 e. The van der Waals surface area contributed by atoms with Crippen molar-refractivity contribution in [1.82, 2.24) is 9.88 Å². The van der Waals surface area contributed by atoms with Crippen LogP contribution >= 0.6 is 0 Å². The minimum absolute atomic E-state index is 0.127. The van der Waals surface area contributed by atoms with Crippen molar-refractivity contribution in [1.29, 1.82) is 5.26 Å². The number of rotatable bonds is 7. The van der Waals surface area contributed by atoms with Crippen molar-refractivity contribution < 1.29 is 23.8 Å². The predicted molar refractivity (Wildman–Crippen MR) is 124 cm³/mol. The number of ether oxygens (including phenoxy) is 2. The summed E-state index contributed by atoms with van der Waals surface area (Å²) < 4.78 is 25.2. The summed E-state index contributed by atoms with van der Waals surface area (Å²) in [6.07, 6.45) is 0.966. The van der Waals surface area contributed by atoms with Gasteiger partial charge < -0.3 is 24.8 Å². The van der Waals surface area contributed by atoms with E-state index >= 15 is 0 Å². The van der Waals surface area contributed by atoms with Crippen LogP contribution in [0.3, 0.4) is 0 Å². The summed E-state index contributed by atoms with van der Waals surface area (Å²) >= 11 is 0. The molecular weight excluding hydrogens is 439 g/mol. The molecule has 174 valence electrons. The van der Waals surface area contributed by atoms with Gasteiger partial charge in [0.05, 0.1) is 30.9 Å². The molecule has 1 aromatic heterocycles. The molecule has 0 unspecified atom stereocenters. The first-order chi connectivity index (χ1) is 16.5. The van der Waals surface area contributed by atoms with Gasteiger partial charge in [-0.3, -0.25) is 4.98 Å². The number of nitrogens with one attached hydrogen (secondary N) is 1. The molecule has 0 bridgehead atoms. The first-order valence-corrected chi connectivity index (χ1v) is 10.7. The Bertz CT molecular complexity index is 1210. The fourth-order valence-electron chi connectivity index (χ4n) is 3.88. The van der Waals surface area contributed by atoms with Gasteiger partial charge in [0.2, 0.25) is 0 Å². The highest BCUT2D eigenvalue weighted by Gasteiger charge is 2.35. The van der Waals surface area contributed by atoms with Gasteiger partial charge in [0.1, 0.15) is 23.7 Å². The molecule has 0 spiro atoms. The summed E-state index contributed by atoms with van der Waals surface area (Å²) in [4.78, 5) is 16.7. The van der Waals surface area contributed by atoms with Crippen LogP contribution in [0, 0.1) is 11.3 Å². The van der Waals surface area contributed by atoms with Crippen LogP contribution in [0.25, 0.3) is 11.1 Å². The standard InChI is InChI=1S/C25H23FN4O4/c1-33-21-3-5-22(6-4-21)34-24-9-17(18-8-16(11-27)12-28-13-18)2-7-23(24)29-14-20-10-19(26)15-30(20)25(31)32/h2-9,12-13,19-20,29H,10,14-15H2,1H3,(H,31,32)/t19-,20+/m1/s1. The maximum atomic E-state index is 13.8. The molecule has 0 aliphatic carbocycles. The molecule has 2 N–H and O–H groups in total. The third-order valence-electron chi connectivity index (χ3n) is 5.61. The third kappa shape index (κ3) is 5.18. The van der Waals surface area contributed by atoms with Crippen LogP contribution in [0.1, 0.15) is 12.0 Å². The van der Waals surface area contributed by atoms with E-state index in [4.69, 9.17) is 9.47 Å². The van der Waals surface area contributed by atoms with Crippen LogP contribution in [0.15, 0.2) is 60.9 Å². The quantitative estimate of drug-likeness (QED) is 0.513. The number of hydrogen-bond donors (Lipinski definition) is 2. The Morgan fingerprint density at radius 2 is 1.97 bits per heavy atom. The highest BCUT2D eigenvalue weighted by molar-refractivity contribution is 5.72. The van der Waals surface area contributed by atoms with Gasteiger partial charge in [0, 0.05) is 30.9 Å². The number of carboxylic acid groups (broad SMARTS) is 1. The van der Waals surface area contributed by atoms with Gasteiger partial charge in [-0.2, -0.15) is 5.26 Å². The zero-order chi connectivity index (χ0) is 24.1. The Labute approximate surface area is 196 Å². The SMILES string of the molecule is COc1ccc(Oc2cc(-c3cncc(C#N)c3)ccc2NC[C@@H]2C[C@@H](F)CN2C(=O)O)cc1. The van der Waals surface area contributed by atoms with Gasteiger partial charge in [0.25, 0.3) is 0 Å². The van der Waals surface area contributed by atoms with E-state index in [0.29, 0.717) is 28.5 Å². The normalized spacial score (nSPS) is 17.1. The van der Waals surface area contributed by atoms with E-state index in [2.05, 4.69) is 16.4 Å². The lowest BCUT2D eigenvalue weighted by Gasteiger charge is -2.23. The van der Waals surface area contributed by atoms with Crippen LogP contribution in [0.2, 0.25) is 0 Å². The van der Waals surface area contributed by atoms with Gasteiger partial charge >= 0.3 is 6.09 Å². The van der Waals surface area contributed by atoms with Crippen LogP contribution in [-0.2, 0) is 0 Å². The topological polar surface area (TPSA) is 108 Å². The Kier molecular flexibility index (Phi) is 6.78. The van der Waals surface area contributed by atoms with Gasteiger partial charge in [-0.15, -0.1) is 0 Å². The van der Waals surface area contributed by atoms with Crippen LogP contribution < -0.4 is 14.8 Å². The molecular formula is C25H23FN4O4. The van der Waals surface area contributed by atoms with Crippen LogP contribution in [-0.4, -0.2) is 53.5 Å². The van der Waals surface area contributed by atoms with Crippen molar-refractivity contribution >= 4 is 11.8 Å². The molecule has 1 amide bonds. The van der Waals surface area contributed by atoms with Crippen molar-refractivity contribution in [2.24, 2.45) is 0 Å². The molecule has 1 fully saturated rings. The molecule has 1 aliphatic heterocycles. The van der Waals surface area contributed by atoms with Crippen molar-refractivity contribution in [3.63, 3.8) is 0 Å². The van der Waals surface area contributed by atoms with Gasteiger partial charge in [-0.25, -0.2) is 9.18 Å². The second kappa shape index (κ2) is 10.1. The lowest BCUT2D eigenvalue weighted by molar-refractivity contribution is 0.140. The number of halogens is 1. The van der Waals surface area contributed by atoms with E-state index in [-0.39, 0.29) is 19.5 Å². The summed E-state index contributed by atoms with van der Waals surface area (Å²) in [5.41, 5.74) is 2.60. The zero-order valence-corrected chi connectivity index (χ0v) is 18.4. The molecule has 9 heteroatoms. The second-order valence-electron chi connectivity index (χ2n) is 7.87. The molecule has 1 saturated heterocycles. The summed E-state index contributed by atoms with van der Waals surface area (Å²) in [5.74, 6) is 1.75. The number of methoxy groups -OCH3 is 1. The largest absolute Gasteiger partial charge is 0.497 e. The molecule has 34 heavy (non-hydrogen) atoms. The van der Waals surface area contributed by atoms with Crippen molar-refractivity contribution in [3.8, 4) is 34.4 Å². The average molecular weight is 462 g/mol. The first-order valence-electron chi connectivity index (χ1n) is 10.7. The molecule has 0 saturated carbocycles. The number of anilines is 1. The van der Waals surface area contributed by atoms with Crippen LogP contribution in [0.5, 0.6) is 17.2 Å². The van der Waals surface area contributed by atoms with E-state index in [9.17, 15) is 19.6 Å². The average Bonchev–Trinajstić information content (AvgIpc) is 3.24. The number of benzene rings is 2. The summed E-state index contributed by atoms with van der Waals surface area (Å²) in [5, 5.41) is 21.8. The van der Waals surface area contributed by atoms with E-state index in [1.54, 1.807) is 49.7 Å². The summed E-state index contributed by atoms with van der Waals surface area (Å²) in [7, 11) is 1.58. The molecule has 2 atom stereocenters. The van der Waals surface area contributed by atoms with E-state index in [0.717, 1.165) is 16.0 Å². The molecule has 2 aromatic carbocycles. The summed E-state index contributed by atoms with van der Waals surface area (Å²) in [6, 6.07) is 15.9. The molecule has 8 nitrogen and oxygen atoms in total. The van der Waals surface area contributed by atoms with Gasteiger partial charge in [-0.1, -0.05) is 6.07 Å². The predicted octanol–water partition coefficient (Wildman–Crippen LogP) is 4.92. The number of carbonyl (C=O) groups is 1. The Morgan fingerprint density at radius 1 is 1.21 bits per heavy atom. The zero-order valence-electron chi connectivity index (χ0n) is 18.4. The lowest BCUT2D eigenvalue weighted by Crippen LogP contribution is -2.38. The molecule has 1 aliphatic rings. The molecule has 2 heterocycles. The fraction of sp³-hybridized carbons (Fsp3) is 0.240. The van der Waals surface area contributed by atoms with Crippen molar-refractivity contribution in [3.05, 3.63) is 66.5 Å². The number of likely N-dealkylation sites (tertiary alicyclic amines) is 1. The molecule has 3 aromatic rings. The maximum absolute atomic E-state index is 13.8. The van der Waals surface area contributed by atoms with Gasteiger partial charge in [0.15, 0.2) is 5.75 Å². The number of alkyl halides is 1. The Balaban J connectivity index is 1.62. The fourth-order valence-corrected chi connectivity index (χ4v) is 3.88. The number of amides is 1. The first kappa shape index (κ1) is 22.9. The molecule has 0 radical (unpaired) electrons. The van der Waals surface area contributed by atoms with E-state index in [1.807, 2.05) is 12.1 Å². The number of aromatic nitrogens is 1. The highest BCUT2D eigenvalue weighted by Crippen LogP contribution is 2.35. The third-order valence-corrected chi connectivity index (χ3v) is 5.61. The number of nitrogens with zero attached hydrogens (tertiary/aromatic N) is 3. The number of nitriles is 1. The lowest BCUT2D eigenvalue weighted by atomic mass is 10.0. The van der Waals surface area contributed by atoms with Crippen molar-refractivity contribution in [2.75, 3.05) is 25.5 Å². The minimum atomic E-state index is -1.18. The second-order valence-corrected chi connectivity index (χ2v) is 7.87. The van der Waals surface area contributed by atoms with E-state index in [1.165, 1.54) is 6.20 Å².